The van der Waals surface area contributed by atoms with E-state index in [9.17, 15) is 9.59 Å². The molecule has 2 aliphatic heterocycles. The molecule has 2 aromatic rings. The van der Waals surface area contributed by atoms with Gasteiger partial charge in [-0.05, 0) is 56.0 Å². The predicted octanol–water partition coefficient (Wildman–Crippen LogP) is 2.93. The number of hydrogen-bond donors (Lipinski definition) is 1. The van der Waals surface area contributed by atoms with Gasteiger partial charge in [0.1, 0.15) is 5.82 Å². The van der Waals surface area contributed by atoms with Crippen LogP contribution in [0.5, 0.6) is 11.5 Å². The first kappa shape index (κ1) is 19.2. The highest BCUT2D eigenvalue weighted by Crippen LogP contribution is 2.32. The number of carbonyl (C=O) groups is 2. The van der Waals surface area contributed by atoms with E-state index in [2.05, 4.69) is 10.3 Å². The third-order valence-corrected chi connectivity index (χ3v) is 5.35. The van der Waals surface area contributed by atoms with E-state index in [4.69, 9.17) is 9.47 Å². The van der Waals surface area contributed by atoms with Gasteiger partial charge in [-0.3, -0.25) is 9.59 Å². The van der Waals surface area contributed by atoms with Crippen LogP contribution in [0.25, 0.3) is 0 Å². The number of carbonyl (C=O) groups excluding carboxylic acids is 2. The highest BCUT2D eigenvalue weighted by atomic mass is 16.7. The van der Waals surface area contributed by atoms with Crippen LogP contribution in [-0.2, 0) is 16.0 Å². The molecular weight excluding hydrogens is 370 g/mol. The molecule has 0 radical (unpaired) electrons. The molecule has 0 aliphatic carbocycles. The maximum absolute atomic E-state index is 12.7. The minimum absolute atomic E-state index is 0.0728. The predicted molar refractivity (Wildman–Crippen MR) is 108 cm³/mol. The topological polar surface area (TPSA) is 80.8 Å². The summed E-state index contributed by atoms with van der Waals surface area (Å²) >= 11 is 0. The molecule has 29 heavy (non-hydrogen) atoms. The van der Waals surface area contributed by atoms with Gasteiger partial charge in [0.25, 0.3) is 0 Å². The number of nitrogens with one attached hydrogen (secondary N) is 1. The van der Waals surface area contributed by atoms with E-state index >= 15 is 0 Å². The van der Waals surface area contributed by atoms with Gasteiger partial charge >= 0.3 is 0 Å². The fraction of sp³-hybridized carbons (Fsp3) is 0.409. The van der Waals surface area contributed by atoms with Crippen LogP contribution in [0.4, 0.5) is 5.82 Å². The molecule has 3 heterocycles. The Hall–Kier alpha value is -3.09. The number of rotatable bonds is 5. The molecule has 7 nitrogen and oxygen atoms in total. The molecular formula is C22H25N3O4. The van der Waals surface area contributed by atoms with Gasteiger partial charge in [0.15, 0.2) is 11.5 Å². The number of nitrogens with zero attached hydrogens (tertiary/aromatic N) is 2. The summed E-state index contributed by atoms with van der Waals surface area (Å²) in [6.07, 6.45) is 2.65. The third kappa shape index (κ3) is 4.67. The van der Waals surface area contributed by atoms with Gasteiger partial charge in [0.2, 0.25) is 18.6 Å². The fourth-order valence-electron chi connectivity index (χ4n) is 3.76. The van der Waals surface area contributed by atoms with Gasteiger partial charge in [-0.15, -0.1) is 0 Å². The molecule has 2 amide bonds. The molecule has 4 rings (SSSR count). The number of benzene rings is 1. The number of anilines is 1. The Labute approximate surface area is 170 Å². The van der Waals surface area contributed by atoms with Crippen molar-refractivity contribution in [3.63, 3.8) is 0 Å². The molecule has 1 atom stereocenters. The molecule has 1 saturated heterocycles. The Bertz CT molecular complexity index is 915. The lowest BCUT2D eigenvalue weighted by atomic mass is 9.96. The molecule has 1 fully saturated rings. The van der Waals surface area contributed by atoms with Crippen LogP contribution in [0.1, 0.15) is 30.5 Å². The van der Waals surface area contributed by atoms with E-state index in [-0.39, 0.29) is 24.5 Å². The van der Waals surface area contributed by atoms with Gasteiger partial charge in [-0.1, -0.05) is 12.1 Å². The fourth-order valence-corrected chi connectivity index (χ4v) is 3.76. The lowest BCUT2D eigenvalue weighted by Gasteiger charge is -2.32. The third-order valence-electron chi connectivity index (χ3n) is 5.35. The highest BCUT2D eigenvalue weighted by Gasteiger charge is 2.28. The van der Waals surface area contributed by atoms with Crippen LogP contribution in [-0.4, -0.2) is 41.6 Å². The second-order valence-corrected chi connectivity index (χ2v) is 7.52. The van der Waals surface area contributed by atoms with Crippen LogP contribution in [0.3, 0.4) is 0 Å². The van der Waals surface area contributed by atoms with Crippen LogP contribution in [0, 0.1) is 12.8 Å². The summed E-state index contributed by atoms with van der Waals surface area (Å²) in [5, 5.41) is 2.88. The summed E-state index contributed by atoms with van der Waals surface area (Å²) in [5.41, 5.74) is 1.89. The number of hydrogen-bond acceptors (Lipinski definition) is 5. The summed E-state index contributed by atoms with van der Waals surface area (Å²) in [7, 11) is 0. The van der Waals surface area contributed by atoms with Crippen LogP contribution >= 0.6 is 0 Å². The van der Waals surface area contributed by atoms with Crippen molar-refractivity contribution in [2.75, 3.05) is 25.2 Å². The van der Waals surface area contributed by atoms with Gasteiger partial charge in [-0.25, -0.2) is 4.98 Å². The summed E-state index contributed by atoms with van der Waals surface area (Å²) in [5.74, 6) is 1.83. The number of likely N-dealkylation sites (tertiary alicyclic amines) is 1. The number of aryl methyl sites for hydroxylation is 2. The molecule has 0 bridgehead atoms. The Morgan fingerprint density at radius 1 is 1.21 bits per heavy atom. The number of pyridine rings is 1. The van der Waals surface area contributed by atoms with E-state index in [1.54, 1.807) is 6.07 Å². The van der Waals surface area contributed by atoms with Gasteiger partial charge < -0.3 is 19.7 Å². The zero-order chi connectivity index (χ0) is 20.2. The van der Waals surface area contributed by atoms with Crippen molar-refractivity contribution in [2.24, 2.45) is 5.92 Å². The zero-order valence-electron chi connectivity index (χ0n) is 16.5. The SMILES string of the molecule is Cc1cccc(NC(=O)C2CCCN(C(=O)CCc3ccc4c(c3)OCO4)C2)n1. The Kier molecular flexibility index (Phi) is 5.64. The van der Waals surface area contributed by atoms with E-state index in [1.807, 2.05) is 42.2 Å². The van der Waals surface area contributed by atoms with E-state index < -0.39 is 0 Å². The minimum Gasteiger partial charge on any atom is -0.454 e. The highest BCUT2D eigenvalue weighted by molar-refractivity contribution is 5.92. The monoisotopic (exact) mass is 395 g/mol. The first-order valence-electron chi connectivity index (χ1n) is 9.99. The molecule has 1 N–H and O–H groups in total. The minimum atomic E-state index is -0.208. The molecule has 0 saturated carbocycles. The van der Waals surface area contributed by atoms with Crippen molar-refractivity contribution >= 4 is 17.6 Å². The van der Waals surface area contributed by atoms with Crippen molar-refractivity contribution < 1.29 is 19.1 Å². The van der Waals surface area contributed by atoms with Crippen molar-refractivity contribution in [3.8, 4) is 11.5 Å². The molecule has 0 spiro atoms. The Morgan fingerprint density at radius 2 is 2.07 bits per heavy atom. The van der Waals surface area contributed by atoms with Crippen molar-refractivity contribution in [1.82, 2.24) is 9.88 Å². The maximum atomic E-state index is 12.7. The quantitative estimate of drug-likeness (QED) is 0.842. The van der Waals surface area contributed by atoms with E-state index in [0.29, 0.717) is 31.7 Å². The lowest BCUT2D eigenvalue weighted by molar-refractivity contribution is -0.134. The number of ether oxygens (including phenoxy) is 2. The van der Waals surface area contributed by atoms with E-state index in [0.717, 1.165) is 35.6 Å². The molecule has 1 unspecified atom stereocenters. The normalized spacial score (nSPS) is 17.8. The molecule has 7 heteroatoms. The van der Waals surface area contributed by atoms with Crippen LogP contribution < -0.4 is 14.8 Å². The van der Waals surface area contributed by atoms with Gasteiger partial charge in [0, 0.05) is 25.2 Å². The Balaban J connectivity index is 1.30. The number of piperidine rings is 1. The molecule has 2 aliphatic rings. The number of amides is 2. The molecule has 1 aromatic heterocycles. The summed E-state index contributed by atoms with van der Waals surface area (Å²) < 4.78 is 10.7. The van der Waals surface area contributed by atoms with Gasteiger partial charge in [-0.2, -0.15) is 0 Å². The standard InChI is InChI=1S/C22H25N3O4/c1-15-4-2-6-20(23-15)24-22(27)17-5-3-11-25(13-17)21(26)10-8-16-7-9-18-19(12-16)29-14-28-18/h2,4,6-7,9,12,17H,3,5,8,10-11,13-14H2,1H3,(H,23,24,27). The smallest absolute Gasteiger partial charge is 0.231 e. The van der Waals surface area contributed by atoms with E-state index in [1.165, 1.54) is 0 Å². The zero-order valence-corrected chi connectivity index (χ0v) is 16.5. The van der Waals surface area contributed by atoms with Crippen molar-refractivity contribution in [3.05, 3.63) is 47.7 Å². The second kappa shape index (κ2) is 8.51. The molecule has 152 valence electrons. The maximum Gasteiger partial charge on any atom is 0.231 e. The number of aromatic nitrogens is 1. The first-order chi connectivity index (χ1) is 14.1. The van der Waals surface area contributed by atoms with Crippen LogP contribution in [0.15, 0.2) is 36.4 Å². The van der Waals surface area contributed by atoms with Crippen LogP contribution in [0.2, 0.25) is 0 Å². The van der Waals surface area contributed by atoms with Crippen molar-refractivity contribution in [2.45, 2.75) is 32.6 Å². The average molecular weight is 395 g/mol. The summed E-state index contributed by atoms with van der Waals surface area (Å²) in [6, 6.07) is 11.3. The lowest BCUT2D eigenvalue weighted by Crippen LogP contribution is -2.43. The summed E-state index contributed by atoms with van der Waals surface area (Å²) in [4.78, 5) is 31.5. The second-order valence-electron chi connectivity index (χ2n) is 7.52. The first-order valence-corrected chi connectivity index (χ1v) is 9.99. The number of fused-ring (bicyclic) bond motifs is 1. The summed E-state index contributed by atoms with van der Waals surface area (Å²) in [6.45, 7) is 3.29. The van der Waals surface area contributed by atoms with Crippen molar-refractivity contribution in [1.29, 1.82) is 0 Å². The largest absolute Gasteiger partial charge is 0.454 e. The Morgan fingerprint density at radius 3 is 2.93 bits per heavy atom. The molecule has 1 aromatic carbocycles. The average Bonchev–Trinajstić information content (AvgIpc) is 3.20. The van der Waals surface area contributed by atoms with Gasteiger partial charge in [0.05, 0.1) is 5.92 Å².